The molecule has 1 heterocycles. The molecule has 2 aromatic carbocycles. The second kappa shape index (κ2) is 6.94. The van der Waals surface area contributed by atoms with Gasteiger partial charge in [0.1, 0.15) is 0 Å². The Hall–Kier alpha value is -2.62. The summed E-state index contributed by atoms with van der Waals surface area (Å²) in [5, 5.41) is 2.95. The van der Waals surface area contributed by atoms with E-state index in [1.807, 2.05) is 25.1 Å². The quantitative estimate of drug-likeness (QED) is 0.905. The summed E-state index contributed by atoms with van der Waals surface area (Å²) in [5.41, 5.74) is 5.15. The number of rotatable bonds is 2. The minimum atomic E-state index is -0.114. The Morgan fingerprint density at radius 1 is 1.12 bits per heavy atom. The molecular weight excluding hydrogens is 324 g/mol. The van der Waals surface area contributed by atoms with Gasteiger partial charge in [-0.15, -0.1) is 0 Å². The van der Waals surface area contributed by atoms with E-state index in [4.69, 9.17) is 0 Å². The van der Waals surface area contributed by atoms with Gasteiger partial charge in [-0.2, -0.15) is 0 Å². The molecule has 0 saturated carbocycles. The number of carbonyl (C=O) groups is 2. The maximum Gasteiger partial charge on any atom is 0.253 e. The smallest absolute Gasteiger partial charge is 0.253 e. The molecule has 0 spiro atoms. The molecule has 26 heavy (non-hydrogen) atoms. The van der Waals surface area contributed by atoms with Crippen LogP contribution >= 0.6 is 0 Å². The SMILES string of the molecule is CC1CN(C(=O)Cc2ccc3c(c2)CCCC3)c2ccccc2C(=O)N1. The normalized spacial score (nSPS) is 19.2. The van der Waals surface area contributed by atoms with Crippen molar-refractivity contribution in [2.24, 2.45) is 0 Å². The van der Waals surface area contributed by atoms with Gasteiger partial charge in [-0.1, -0.05) is 30.3 Å². The first-order valence-electron chi connectivity index (χ1n) is 9.43. The third kappa shape index (κ3) is 3.24. The minimum Gasteiger partial charge on any atom is -0.348 e. The topological polar surface area (TPSA) is 49.4 Å². The summed E-state index contributed by atoms with van der Waals surface area (Å²) >= 11 is 0. The maximum absolute atomic E-state index is 13.1. The van der Waals surface area contributed by atoms with Gasteiger partial charge >= 0.3 is 0 Å². The summed E-state index contributed by atoms with van der Waals surface area (Å²) in [6, 6.07) is 13.7. The predicted molar refractivity (Wildman–Crippen MR) is 103 cm³/mol. The first-order valence-corrected chi connectivity index (χ1v) is 9.43. The zero-order chi connectivity index (χ0) is 18.1. The van der Waals surface area contributed by atoms with Gasteiger partial charge in [0.05, 0.1) is 17.7 Å². The van der Waals surface area contributed by atoms with Gasteiger partial charge in [0, 0.05) is 12.6 Å². The Morgan fingerprint density at radius 3 is 2.73 bits per heavy atom. The van der Waals surface area contributed by atoms with Crippen LogP contribution in [0.2, 0.25) is 0 Å². The lowest BCUT2D eigenvalue weighted by molar-refractivity contribution is -0.118. The van der Waals surface area contributed by atoms with Crippen molar-refractivity contribution in [3.8, 4) is 0 Å². The second-order valence-corrected chi connectivity index (χ2v) is 7.38. The summed E-state index contributed by atoms with van der Waals surface area (Å²) < 4.78 is 0. The van der Waals surface area contributed by atoms with Gasteiger partial charge in [0.2, 0.25) is 5.91 Å². The highest BCUT2D eigenvalue weighted by Crippen LogP contribution is 2.26. The third-order valence-electron chi connectivity index (χ3n) is 5.34. The average Bonchev–Trinajstić information content (AvgIpc) is 2.78. The molecule has 4 rings (SSSR count). The molecule has 4 heteroatoms. The van der Waals surface area contributed by atoms with Crippen molar-refractivity contribution in [3.63, 3.8) is 0 Å². The summed E-state index contributed by atoms with van der Waals surface area (Å²) in [7, 11) is 0. The molecule has 0 aromatic heterocycles. The Bertz CT molecular complexity index is 859. The molecule has 0 radical (unpaired) electrons. The summed E-state index contributed by atoms with van der Waals surface area (Å²) in [5.74, 6) is -0.0752. The number of hydrogen-bond acceptors (Lipinski definition) is 2. The molecule has 1 aliphatic carbocycles. The van der Waals surface area contributed by atoms with Crippen LogP contribution in [0.1, 0.15) is 46.8 Å². The van der Waals surface area contributed by atoms with Gasteiger partial charge in [-0.25, -0.2) is 0 Å². The molecule has 0 saturated heterocycles. The summed E-state index contributed by atoms with van der Waals surface area (Å²) in [6.07, 6.45) is 5.11. The van der Waals surface area contributed by atoms with Crippen LogP contribution in [-0.2, 0) is 24.1 Å². The number of fused-ring (bicyclic) bond motifs is 2. The fraction of sp³-hybridized carbons (Fsp3) is 0.364. The van der Waals surface area contributed by atoms with Gasteiger partial charge in [0.15, 0.2) is 0 Å². The van der Waals surface area contributed by atoms with Crippen LogP contribution in [0.25, 0.3) is 0 Å². The molecule has 134 valence electrons. The number of aryl methyl sites for hydroxylation is 2. The monoisotopic (exact) mass is 348 g/mol. The van der Waals surface area contributed by atoms with E-state index in [2.05, 4.69) is 23.5 Å². The molecule has 1 atom stereocenters. The number of benzene rings is 2. The number of anilines is 1. The number of amides is 2. The van der Waals surface area contributed by atoms with E-state index in [0.717, 1.165) is 18.4 Å². The van der Waals surface area contributed by atoms with Gasteiger partial charge < -0.3 is 10.2 Å². The van der Waals surface area contributed by atoms with Crippen molar-refractivity contribution in [3.05, 3.63) is 64.7 Å². The molecule has 4 nitrogen and oxygen atoms in total. The van der Waals surface area contributed by atoms with E-state index in [1.54, 1.807) is 11.0 Å². The molecule has 1 unspecified atom stereocenters. The van der Waals surface area contributed by atoms with E-state index < -0.39 is 0 Å². The molecule has 0 bridgehead atoms. The third-order valence-corrected chi connectivity index (χ3v) is 5.34. The Balaban J connectivity index is 1.61. The minimum absolute atomic E-state index is 0.0385. The van der Waals surface area contributed by atoms with E-state index in [-0.39, 0.29) is 17.9 Å². The van der Waals surface area contributed by atoms with Crippen molar-refractivity contribution in [2.75, 3.05) is 11.4 Å². The zero-order valence-corrected chi connectivity index (χ0v) is 15.1. The first kappa shape index (κ1) is 16.8. The molecule has 2 amide bonds. The second-order valence-electron chi connectivity index (χ2n) is 7.38. The number of nitrogens with one attached hydrogen (secondary N) is 1. The summed E-state index contributed by atoms with van der Waals surface area (Å²) in [6.45, 7) is 2.43. The lowest BCUT2D eigenvalue weighted by Crippen LogP contribution is -2.41. The van der Waals surface area contributed by atoms with Crippen molar-refractivity contribution >= 4 is 17.5 Å². The highest BCUT2D eigenvalue weighted by atomic mass is 16.2. The average molecular weight is 348 g/mol. The lowest BCUT2D eigenvalue weighted by Gasteiger charge is -2.24. The lowest BCUT2D eigenvalue weighted by atomic mass is 9.90. The Labute approximate surface area is 154 Å². The van der Waals surface area contributed by atoms with E-state index in [9.17, 15) is 9.59 Å². The molecule has 2 aliphatic rings. The maximum atomic E-state index is 13.1. The van der Waals surface area contributed by atoms with Crippen LogP contribution < -0.4 is 10.2 Å². The van der Waals surface area contributed by atoms with Crippen molar-refractivity contribution < 1.29 is 9.59 Å². The van der Waals surface area contributed by atoms with Gasteiger partial charge in [-0.05, 0) is 61.4 Å². The van der Waals surface area contributed by atoms with Crippen LogP contribution in [0.3, 0.4) is 0 Å². The molecule has 2 aromatic rings. The Morgan fingerprint density at radius 2 is 1.88 bits per heavy atom. The number of nitrogens with zero attached hydrogens (tertiary/aromatic N) is 1. The first-order chi connectivity index (χ1) is 12.6. The van der Waals surface area contributed by atoms with Gasteiger partial charge in [0.25, 0.3) is 5.91 Å². The van der Waals surface area contributed by atoms with E-state index >= 15 is 0 Å². The van der Waals surface area contributed by atoms with Crippen LogP contribution in [-0.4, -0.2) is 24.4 Å². The Kier molecular flexibility index (Phi) is 4.49. The predicted octanol–water partition coefficient (Wildman–Crippen LogP) is 3.27. The number of carbonyl (C=O) groups excluding carboxylic acids is 2. The highest BCUT2D eigenvalue weighted by molar-refractivity contribution is 6.06. The highest BCUT2D eigenvalue weighted by Gasteiger charge is 2.27. The van der Waals surface area contributed by atoms with Gasteiger partial charge in [-0.3, -0.25) is 9.59 Å². The fourth-order valence-corrected chi connectivity index (χ4v) is 4.02. The molecule has 1 N–H and O–H groups in total. The standard InChI is InChI=1S/C22H24N2O2/c1-15-14-24(20-9-5-4-8-19(20)22(26)23-15)21(25)13-16-10-11-17-6-2-3-7-18(17)12-16/h4-5,8-12,15H,2-3,6-7,13-14H2,1H3,(H,23,26). The number of hydrogen-bond donors (Lipinski definition) is 1. The van der Waals surface area contributed by atoms with Crippen molar-refractivity contribution in [1.82, 2.24) is 5.32 Å². The van der Waals surface area contributed by atoms with Crippen LogP contribution in [0.5, 0.6) is 0 Å². The van der Waals surface area contributed by atoms with Crippen LogP contribution in [0.15, 0.2) is 42.5 Å². The molecule has 1 aliphatic heterocycles. The van der Waals surface area contributed by atoms with Crippen molar-refractivity contribution in [2.45, 2.75) is 45.1 Å². The van der Waals surface area contributed by atoms with Crippen LogP contribution in [0, 0.1) is 0 Å². The summed E-state index contributed by atoms with van der Waals surface area (Å²) in [4.78, 5) is 27.2. The number of para-hydroxylation sites is 1. The largest absolute Gasteiger partial charge is 0.348 e. The van der Waals surface area contributed by atoms with Crippen LogP contribution in [0.4, 0.5) is 5.69 Å². The van der Waals surface area contributed by atoms with E-state index in [1.165, 1.54) is 24.0 Å². The van der Waals surface area contributed by atoms with Crippen molar-refractivity contribution in [1.29, 1.82) is 0 Å². The molecule has 0 fully saturated rings. The van der Waals surface area contributed by atoms with E-state index in [0.29, 0.717) is 24.2 Å². The molecular formula is C22H24N2O2. The fourth-order valence-electron chi connectivity index (χ4n) is 4.02. The zero-order valence-electron chi connectivity index (χ0n) is 15.1.